The molecule has 1 N–H and O–H groups in total. The molecule has 0 radical (unpaired) electrons. The van der Waals surface area contributed by atoms with Crippen molar-refractivity contribution in [2.75, 3.05) is 25.0 Å². The van der Waals surface area contributed by atoms with Crippen LogP contribution >= 0.6 is 0 Å². The first-order chi connectivity index (χ1) is 8.67. The minimum absolute atomic E-state index is 0.180. The minimum Gasteiger partial charge on any atom is -0.376 e. The zero-order valence-corrected chi connectivity index (χ0v) is 11.7. The SMILES string of the molecule is CCCN(CCC)C(=O)CNc1ccc(C)cc1. The van der Waals surface area contributed by atoms with E-state index in [0.29, 0.717) is 6.54 Å². The normalized spacial score (nSPS) is 10.2. The molecule has 0 aromatic heterocycles. The molecule has 0 fully saturated rings. The number of carbonyl (C=O) groups excluding carboxylic acids is 1. The monoisotopic (exact) mass is 248 g/mol. The van der Waals surface area contributed by atoms with Crippen LogP contribution in [-0.2, 0) is 4.79 Å². The first-order valence-corrected chi connectivity index (χ1v) is 6.75. The molecule has 18 heavy (non-hydrogen) atoms. The van der Waals surface area contributed by atoms with Crippen molar-refractivity contribution in [1.82, 2.24) is 4.90 Å². The number of hydrogen-bond donors (Lipinski definition) is 1. The highest BCUT2D eigenvalue weighted by Crippen LogP contribution is 2.08. The largest absolute Gasteiger partial charge is 0.376 e. The number of rotatable bonds is 7. The van der Waals surface area contributed by atoms with Crippen LogP contribution < -0.4 is 5.32 Å². The lowest BCUT2D eigenvalue weighted by atomic mass is 10.2. The summed E-state index contributed by atoms with van der Waals surface area (Å²) >= 11 is 0. The Labute approximate surface area is 110 Å². The fraction of sp³-hybridized carbons (Fsp3) is 0.533. The van der Waals surface area contributed by atoms with E-state index in [1.807, 2.05) is 29.2 Å². The number of nitrogens with zero attached hydrogens (tertiary/aromatic N) is 1. The van der Waals surface area contributed by atoms with Gasteiger partial charge in [-0.05, 0) is 31.9 Å². The minimum atomic E-state index is 0.180. The molecule has 0 atom stereocenters. The van der Waals surface area contributed by atoms with Crippen molar-refractivity contribution in [3.05, 3.63) is 29.8 Å². The maximum atomic E-state index is 12.0. The van der Waals surface area contributed by atoms with Crippen LogP contribution in [-0.4, -0.2) is 30.4 Å². The summed E-state index contributed by atoms with van der Waals surface area (Å²) in [7, 11) is 0. The zero-order chi connectivity index (χ0) is 13.4. The van der Waals surface area contributed by atoms with E-state index in [-0.39, 0.29) is 5.91 Å². The summed E-state index contributed by atoms with van der Waals surface area (Å²) in [6.07, 6.45) is 2.02. The van der Waals surface area contributed by atoms with Crippen LogP contribution in [0.4, 0.5) is 5.69 Å². The second kappa shape index (κ2) is 7.75. The van der Waals surface area contributed by atoms with Gasteiger partial charge in [0.05, 0.1) is 6.54 Å². The van der Waals surface area contributed by atoms with Crippen molar-refractivity contribution in [3.8, 4) is 0 Å². The standard InChI is InChI=1S/C15H24N2O/c1-4-10-17(11-5-2)15(18)12-16-14-8-6-13(3)7-9-14/h6-9,16H,4-5,10-12H2,1-3H3. The summed E-state index contributed by atoms with van der Waals surface area (Å²) in [5.41, 5.74) is 2.23. The molecule has 0 aliphatic carbocycles. The molecule has 1 aromatic rings. The van der Waals surface area contributed by atoms with Crippen molar-refractivity contribution in [2.45, 2.75) is 33.6 Å². The van der Waals surface area contributed by atoms with Gasteiger partial charge in [0.15, 0.2) is 0 Å². The summed E-state index contributed by atoms with van der Waals surface area (Å²) in [6.45, 7) is 8.33. The molecule has 3 nitrogen and oxygen atoms in total. The van der Waals surface area contributed by atoms with E-state index >= 15 is 0 Å². The van der Waals surface area contributed by atoms with Crippen molar-refractivity contribution in [3.63, 3.8) is 0 Å². The topological polar surface area (TPSA) is 32.3 Å². The van der Waals surface area contributed by atoms with E-state index in [2.05, 4.69) is 26.1 Å². The molecule has 0 spiro atoms. The maximum absolute atomic E-state index is 12.0. The summed E-state index contributed by atoms with van der Waals surface area (Å²) in [6, 6.07) is 8.10. The molecule has 1 amide bonds. The summed E-state index contributed by atoms with van der Waals surface area (Å²) in [5.74, 6) is 0.180. The van der Waals surface area contributed by atoms with E-state index in [1.165, 1.54) is 5.56 Å². The average Bonchev–Trinajstić information content (AvgIpc) is 2.37. The van der Waals surface area contributed by atoms with Crippen molar-refractivity contribution < 1.29 is 4.79 Å². The van der Waals surface area contributed by atoms with Crippen LogP contribution in [0.5, 0.6) is 0 Å². The highest BCUT2D eigenvalue weighted by molar-refractivity contribution is 5.80. The molecule has 1 aromatic carbocycles. The lowest BCUT2D eigenvalue weighted by molar-refractivity contribution is -0.129. The van der Waals surface area contributed by atoms with E-state index < -0.39 is 0 Å². The number of hydrogen-bond acceptors (Lipinski definition) is 2. The van der Waals surface area contributed by atoms with Gasteiger partial charge in [-0.3, -0.25) is 4.79 Å². The second-order valence-electron chi connectivity index (χ2n) is 4.60. The van der Waals surface area contributed by atoms with Gasteiger partial charge in [-0.15, -0.1) is 0 Å². The predicted octanol–water partition coefficient (Wildman–Crippen LogP) is 3.06. The lowest BCUT2D eigenvalue weighted by Gasteiger charge is -2.21. The second-order valence-corrected chi connectivity index (χ2v) is 4.60. The van der Waals surface area contributed by atoms with Gasteiger partial charge in [-0.1, -0.05) is 31.5 Å². The van der Waals surface area contributed by atoms with Gasteiger partial charge in [0.1, 0.15) is 0 Å². The van der Waals surface area contributed by atoms with Crippen LogP contribution in [0.25, 0.3) is 0 Å². The van der Waals surface area contributed by atoms with Crippen molar-refractivity contribution in [1.29, 1.82) is 0 Å². The Kier molecular flexibility index (Phi) is 6.26. The van der Waals surface area contributed by atoms with Crippen LogP contribution in [0.1, 0.15) is 32.3 Å². The van der Waals surface area contributed by atoms with E-state index in [1.54, 1.807) is 0 Å². The number of carbonyl (C=O) groups is 1. The van der Waals surface area contributed by atoms with E-state index in [0.717, 1.165) is 31.6 Å². The van der Waals surface area contributed by atoms with Gasteiger partial charge in [-0.2, -0.15) is 0 Å². The Morgan fingerprint density at radius 3 is 2.17 bits per heavy atom. The molecule has 3 heteroatoms. The smallest absolute Gasteiger partial charge is 0.241 e. The number of aryl methyl sites for hydroxylation is 1. The molecule has 0 saturated carbocycles. The highest BCUT2D eigenvalue weighted by atomic mass is 16.2. The van der Waals surface area contributed by atoms with E-state index in [9.17, 15) is 4.79 Å². The Morgan fingerprint density at radius 1 is 1.11 bits per heavy atom. The lowest BCUT2D eigenvalue weighted by Crippen LogP contribution is -2.36. The quantitative estimate of drug-likeness (QED) is 0.804. The molecule has 0 saturated heterocycles. The summed E-state index contributed by atoms with van der Waals surface area (Å²) < 4.78 is 0. The molecule has 1 rings (SSSR count). The fourth-order valence-electron chi connectivity index (χ4n) is 1.86. The van der Waals surface area contributed by atoms with Gasteiger partial charge in [-0.25, -0.2) is 0 Å². The highest BCUT2D eigenvalue weighted by Gasteiger charge is 2.10. The molecule has 0 unspecified atom stereocenters. The third-order valence-corrected chi connectivity index (χ3v) is 2.84. The van der Waals surface area contributed by atoms with Gasteiger partial charge in [0.25, 0.3) is 0 Å². The predicted molar refractivity (Wildman–Crippen MR) is 76.8 cm³/mol. The van der Waals surface area contributed by atoms with Gasteiger partial charge < -0.3 is 10.2 Å². The van der Waals surface area contributed by atoms with Gasteiger partial charge in [0.2, 0.25) is 5.91 Å². The Hall–Kier alpha value is -1.51. The van der Waals surface area contributed by atoms with Gasteiger partial charge >= 0.3 is 0 Å². The third kappa shape index (κ3) is 4.78. The van der Waals surface area contributed by atoms with Crippen LogP contribution in [0.3, 0.4) is 0 Å². The van der Waals surface area contributed by atoms with Crippen molar-refractivity contribution in [2.24, 2.45) is 0 Å². The molecule has 0 aliphatic rings. The summed E-state index contributed by atoms with van der Waals surface area (Å²) in [5, 5.41) is 3.18. The third-order valence-electron chi connectivity index (χ3n) is 2.84. The number of amides is 1. The average molecular weight is 248 g/mol. The van der Waals surface area contributed by atoms with Crippen molar-refractivity contribution >= 4 is 11.6 Å². The Morgan fingerprint density at radius 2 is 1.67 bits per heavy atom. The number of anilines is 1. The molecule has 0 aliphatic heterocycles. The number of nitrogens with one attached hydrogen (secondary N) is 1. The molecule has 0 heterocycles. The maximum Gasteiger partial charge on any atom is 0.241 e. The molecular weight excluding hydrogens is 224 g/mol. The van der Waals surface area contributed by atoms with E-state index in [4.69, 9.17) is 0 Å². The van der Waals surface area contributed by atoms with Crippen LogP contribution in [0.15, 0.2) is 24.3 Å². The van der Waals surface area contributed by atoms with Crippen LogP contribution in [0.2, 0.25) is 0 Å². The Bertz CT molecular complexity index is 353. The van der Waals surface area contributed by atoms with Crippen LogP contribution in [0, 0.1) is 6.92 Å². The first kappa shape index (κ1) is 14.6. The molecular formula is C15H24N2O. The summed E-state index contributed by atoms with van der Waals surface area (Å²) in [4.78, 5) is 14.0. The zero-order valence-electron chi connectivity index (χ0n) is 11.7. The number of benzene rings is 1. The Balaban J connectivity index is 2.45. The fourth-order valence-corrected chi connectivity index (χ4v) is 1.86. The first-order valence-electron chi connectivity index (χ1n) is 6.75. The molecule has 100 valence electrons. The molecule has 0 bridgehead atoms. The van der Waals surface area contributed by atoms with Gasteiger partial charge in [0, 0.05) is 18.8 Å².